The molecule has 0 bridgehead atoms. The Morgan fingerprint density at radius 2 is 1.67 bits per heavy atom. The van der Waals surface area contributed by atoms with E-state index in [0.29, 0.717) is 17.9 Å². The molecule has 0 aliphatic carbocycles. The van der Waals surface area contributed by atoms with Crippen molar-refractivity contribution in [1.29, 1.82) is 0 Å². The summed E-state index contributed by atoms with van der Waals surface area (Å²) in [5, 5.41) is 6.14. The second-order valence-corrected chi connectivity index (χ2v) is 6.16. The van der Waals surface area contributed by atoms with E-state index < -0.39 is 0 Å². The van der Waals surface area contributed by atoms with Crippen LogP contribution >= 0.6 is 11.6 Å². The molecular weight excluding hydrogens is 324 g/mol. The maximum absolute atomic E-state index is 12.0. The first-order chi connectivity index (χ1) is 11.5. The van der Waals surface area contributed by atoms with Gasteiger partial charge in [0, 0.05) is 17.1 Å². The zero-order valence-corrected chi connectivity index (χ0v) is 14.6. The first kappa shape index (κ1) is 18.0. The van der Waals surface area contributed by atoms with Crippen molar-refractivity contribution >= 4 is 29.1 Å². The fourth-order valence-electron chi connectivity index (χ4n) is 2.41. The van der Waals surface area contributed by atoms with Crippen molar-refractivity contribution < 1.29 is 9.59 Å². The van der Waals surface area contributed by atoms with Crippen LogP contribution in [0.1, 0.15) is 23.1 Å². The molecule has 0 spiro atoms. The van der Waals surface area contributed by atoms with Crippen molar-refractivity contribution in [2.24, 2.45) is 0 Å². The molecule has 0 aliphatic heterocycles. The fraction of sp³-hybridized carbons (Fsp3) is 0.263. The molecule has 2 rings (SSSR count). The fourth-order valence-corrected chi connectivity index (χ4v) is 2.63. The maximum Gasteiger partial charge on any atom is 0.243 e. The molecule has 0 radical (unpaired) electrons. The molecule has 126 valence electrons. The minimum atomic E-state index is -0.233. The van der Waals surface area contributed by atoms with Gasteiger partial charge in [-0.05, 0) is 49.1 Å². The number of amides is 2. The van der Waals surface area contributed by atoms with Crippen molar-refractivity contribution in [3.8, 4) is 0 Å². The van der Waals surface area contributed by atoms with E-state index in [-0.39, 0.29) is 18.4 Å². The third kappa shape index (κ3) is 5.39. The monoisotopic (exact) mass is 344 g/mol. The van der Waals surface area contributed by atoms with Gasteiger partial charge in [-0.2, -0.15) is 0 Å². The quantitative estimate of drug-likeness (QED) is 0.840. The summed E-state index contributed by atoms with van der Waals surface area (Å²) in [5.41, 5.74) is 3.79. The summed E-state index contributed by atoms with van der Waals surface area (Å²) in [6, 6.07) is 13.2. The van der Waals surface area contributed by atoms with Gasteiger partial charge in [-0.15, -0.1) is 0 Å². The van der Waals surface area contributed by atoms with Crippen LogP contribution in [0.25, 0.3) is 0 Å². The Morgan fingerprint density at radius 1 is 1.00 bits per heavy atom. The predicted molar refractivity (Wildman–Crippen MR) is 97.3 cm³/mol. The van der Waals surface area contributed by atoms with Gasteiger partial charge < -0.3 is 10.6 Å². The molecular formula is C19H21ClN2O2. The van der Waals surface area contributed by atoms with Crippen LogP contribution in [0.2, 0.25) is 5.02 Å². The summed E-state index contributed by atoms with van der Waals surface area (Å²) in [5.74, 6) is -0.393. The van der Waals surface area contributed by atoms with Gasteiger partial charge in [0.15, 0.2) is 0 Å². The zero-order valence-electron chi connectivity index (χ0n) is 13.9. The van der Waals surface area contributed by atoms with Crippen molar-refractivity contribution in [3.05, 3.63) is 64.2 Å². The number of hydrogen-bond donors (Lipinski definition) is 2. The standard InChI is InChI=1S/C19H21ClN2O2/c1-13-5-3-6-14(2)19(13)22-18(24)12-21-17(23)10-9-15-7-4-8-16(20)11-15/h3-8,11H,9-10,12H2,1-2H3,(H,21,23)(H,22,24). The Balaban J connectivity index is 1.78. The number of anilines is 1. The lowest BCUT2D eigenvalue weighted by Gasteiger charge is -2.12. The average Bonchev–Trinajstić information content (AvgIpc) is 2.54. The number of carbonyl (C=O) groups is 2. The summed E-state index contributed by atoms with van der Waals surface area (Å²) >= 11 is 5.91. The molecule has 0 aliphatic rings. The minimum Gasteiger partial charge on any atom is -0.347 e. The molecule has 2 N–H and O–H groups in total. The largest absolute Gasteiger partial charge is 0.347 e. The van der Waals surface area contributed by atoms with E-state index in [1.165, 1.54) is 0 Å². The second kappa shape index (κ2) is 8.50. The number of nitrogens with one attached hydrogen (secondary N) is 2. The Hall–Kier alpha value is -2.33. The molecule has 0 saturated carbocycles. The third-order valence-electron chi connectivity index (χ3n) is 3.72. The molecule has 2 amide bonds. The van der Waals surface area contributed by atoms with Gasteiger partial charge in [-0.3, -0.25) is 9.59 Å². The molecule has 0 unspecified atom stereocenters. The summed E-state index contributed by atoms with van der Waals surface area (Å²) in [7, 11) is 0. The lowest BCUT2D eigenvalue weighted by atomic mass is 10.1. The highest BCUT2D eigenvalue weighted by Crippen LogP contribution is 2.19. The normalized spacial score (nSPS) is 10.3. The van der Waals surface area contributed by atoms with Crippen molar-refractivity contribution in [3.63, 3.8) is 0 Å². The van der Waals surface area contributed by atoms with Crippen LogP contribution in [-0.4, -0.2) is 18.4 Å². The molecule has 0 atom stereocenters. The van der Waals surface area contributed by atoms with Crippen LogP contribution in [0.15, 0.2) is 42.5 Å². The van der Waals surface area contributed by atoms with Crippen LogP contribution in [0, 0.1) is 13.8 Å². The smallest absolute Gasteiger partial charge is 0.243 e. The number of benzene rings is 2. The number of hydrogen-bond acceptors (Lipinski definition) is 2. The third-order valence-corrected chi connectivity index (χ3v) is 3.96. The summed E-state index contributed by atoms with van der Waals surface area (Å²) in [6.45, 7) is 3.83. The molecule has 5 heteroatoms. The van der Waals surface area contributed by atoms with Gasteiger partial charge >= 0.3 is 0 Å². The number of rotatable bonds is 6. The van der Waals surface area contributed by atoms with Crippen LogP contribution in [0.3, 0.4) is 0 Å². The summed E-state index contributed by atoms with van der Waals surface area (Å²) < 4.78 is 0. The van der Waals surface area contributed by atoms with Crippen molar-refractivity contribution in [1.82, 2.24) is 5.32 Å². The van der Waals surface area contributed by atoms with E-state index in [1.807, 2.05) is 50.2 Å². The van der Waals surface area contributed by atoms with Gasteiger partial charge in [0.2, 0.25) is 11.8 Å². The maximum atomic E-state index is 12.0. The molecule has 0 aromatic heterocycles. The van der Waals surface area contributed by atoms with Gasteiger partial charge in [-0.25, -0.2) is 0 Å². The summed E-state index contributed by atoms with van der Waals surface area (Å²) in [4.78, 5) is 23.9. The topological polar surface area (TPSA) is 58.2 Å². The SMILES string of the molecule is Cc1cccc(C)c1NC(=O)CNC(=O)CCc1cccc(Cl)c1. The Kier molecular flexibility index (Phi) is 6.38. The van der Waals surface area contributed by atoms with Gasteiger partial charge in [0.1, 0.15) is 0 Å². The number of halogens is 1. The van der Waals surface area contributed by atoms with E-state index in [4.69, 9.17) is 11.6 Å². The van der Waals surface area contributed by atoms with E-state index in [1.54, 1.807) is 6.07 Å². The minimum absolute atomic E-state index is 0.0395. The lowest BCUT2D eigenvalue weighted by molar-refractivity contribution is -0.124. The van der Waals surface area contributed by atoms with Crippen LogP contribution in [0.4, 0.5) is 5.69 Å². The van der Waals surface area contributed by atoms with E-state index >= 15 is 0 Å². The van der Waals surface area contributed by atoms with E-state index in [2.05, 4.69) is 10.6 Å². The van der Waals surface area contributed by atoms with Gasteiger partial charge in [0.25, 0.3) is 0 Å². The molecule has 0 heterocycles. The van der Waals surface area contributed by atoms with Gasteiger partial charge in [-0.1, -0.05) is 41.9 Å². The highest BCUT2D eigenvalue weighted by Gasteiger charge is 2.09. The van der Waals surface area contributed by atoms with Crippen molar-refractivity contribution in [2.75, 3.05) is 11.9 Å². The number of para-hydroxylation sites is 1. The van der Waals surface area contributed by atoms with E-state index in [0.717, 1.165) is 22.4 Å². The average molecular weight is 345 g/mol. The Bertz CT molecular complexity index is 724. The molecule has 2 aromatic rings. The molecule has 4 nitrogen and oxygen atoms in total. The molecule has 0 fully saturated rings. The van der Waals surface area contributed by atoms with Crippen LogP contribution in [-0.2, 0) is 16.0 Å². The van der Waals surface area contributed by atoms with Gasteiger partial charge in [0.05, 0.1) is 6.54 Å². The second-order valence-electron chi connectivity index (χ2n) is 5.72. The number of aryl methyl sites for hydroxylation is 3. The molecule has 24 heavy (non-hydrogen) atoms. The Labute approximate surface area is 147 Å². The van der Waals surface area contributed by atoms with Crippen molar-refractivity contribution in [2.45, 2.75) is 26.7 Å². The first-order valence-electron chi connectivity index (χ1n) is 7.83. The highest BCUT2D eigenvalue weighted by atomic mass is 35.5. The lowest BCUT2D eigenvalue weighted by Crippen LogP contribution is -2.33. The highest BCUT2D eigenvalue weighted by molar-refractivity contribution is 6.30. The molecule has 2 aromatic carbocycles. The van der Waals surface area contributed by atoms with Crippen LogP contribution < -0.4 is 10.6 Å². The van der Waals surface area contributed by atoms with Crippen LogP contribution in [0.5, 0.6) is 0 Å². The predicted octanol–water partition coefficient (Wildman–Crippen LogP) is 3.64. The first-order valence-corrected chi connectivity index (χ1v) is 8.20. The summed E-state index contributed by atoms with van der Waals surface area (Å²) in [6.07, 6.45) is 0.905. The number of carbonyl (C=O) groups excluding carboxylic acids is 2. The zero-order chi connectivity index (χ0) is 17.5. The molecule has 0 saturated heterocycles. The Morgan fingerprint density at radius 3 is 2.33 bits per heavy atom. The van der Waals surface area contributed by atoms with E-state index in [9.17, 15) is 9.59 Å².